The molecule has 0 aliphatic carbocycles. The summed E-state index contributed by atoms with van der Waals surface area (Å²) in [6.07, 6.45) is 0. The molecule has 4 rings (SSSR count). The fraction of sp³-hybridized carbons (Fsp3) is 0.0833. The molecule has 146 valence electrons. The van der Waals surface area contributed by atoms with Crippen LogP contribution in [0, 0.1) is 11.3 Å². The number of benzene rings is 3. The normalized spacial score (nSPS) is 11.6. The van der Waals surface area contributed by atoms with Crippen LogP contribution in [0.2, 0.25) is 0 Å². The fourth-order valence-electron chi connectivity index (χ4n) is 3.11. The number of amides is 1. The van der Waals surface area contributed by atoms with Crippen LogP contribution in [0.1, 0.15) is 12.5 Å². The van der Waals surface area contributed by atoms with Gasteiger partial charge in [0.15, 0.2) is 0 Å². The number of carbonyl (C=O) groups is 1. The molecule has 6 heteroatoms. The van der Waals surface area contributed by atoms with E-state index in [2.05, 4.69) is 21.6 Å². The molecular weight excluding hydrogens is 392 g/mol. The van der Waals surface area contributed by atoms with Crippen LogP contribution in [0.5, 0.6) is 0 Å². The van der Waals surface area contributed by atoms with Crippen LogP contribution >= 0.6 is 11.8 Å². The standard InChI is InChI=1S/C24H18N4OS/c1-16(23(29)26-19-11-7-8-17(14-19)15-25)30-24-21-13-6-5-12-20(21)22(27-28-24)18-9-3-2-4-10-18/h2-14,16H,1H3,(H,26,29)/t16-/m0/s1. The minimum atomic E-state index is -0.393. The molecule has 0 bridgehead atoms. The maximum Gasteiger partial charge on any atom is 0.237 e. The number of hydrogen-bond donors (Lipinski definition) is 1. The monoisotopic (exact) mass is 410 g/mol. The van der Waals surface area contributed by atoms with Crippen LogP contribution in [0.15, 0.2) is 83.9 Å². The zero-order chi connectivity index (χ0) is 20.9. The Morgan fingerprint density at radius 2 is 1.70 bits per heavy atom. The van der Waals surface area contributed by atoms with Gasteiger partial charge in [0, 0.05) is 22.0 Å². The van der Waals surface area contributed by atoms with Crippen LogP contribution in [0.3, 0.4) is 0 Å². The van der Waals surface area contributed by atoms with Gasteiger partial charge in [-0.1, -0.05) is 72.4 Å². The number of fused-ring (bicyclic) bond motifs is 1. The summed E-state index contributed by atoms with van der Waals surface area (Å²) in [5, 5.41) is 23.0. The first-order chi connectivity index (χ1) is 14.7. The van der Waals surface area contributed by atoms with Crippen LogP contribution < -0.4 is 5.32 Å². The smallest absolute Gasteiger partial charge is 0.237 e. The quantitative estimate of drug-likeness (QED) is 0.452. The van der Waals surface area contributed by atoms with Crippen molar-refractivity contribution in [3.8, 4) is 17.3 Å². The van der Waals surface area contributed by atoms with Crippen molar-refractivity contribution in [2.75, 3.05) is 5.32 Å². The number of rotatable bonds is 5. The third kappa shape index (κ3) is 4.17. The lowest BCUT2D eigenvalue weighted by atomic mass is 10.1. The molecule has 0 unspecified atom stereocenters. The highest BCUT2D eigenvalue weighted by molar-refractivity contribution is 8.00. The fourth-order valence-corrected chi connectivity index (χ4v) is 4.00. The first-order valence-corrected chi connectivity index (χ1v) is 10.3. The summed E-state index contributed by atoms with van der Waals surface area (Å²) < 4.78 is 0. The summed E-state index contributed by atoms with van der Waals surface area (Å²) in [5.74, 6) is -0.159. The van der Waals surface area contributed by atoms with Gasteiger partial charge in [-0.05, 0) is 25.1 Å². The molecular formula is C24H18N4OS. The van der Waals surface area contributed by atoms with E-state index in [0.29, 0.717) is 16.3 Å². The van der Waals surface area contributed by atoms with Crippen molar-refractivity contribution in [3.05, 3.63) is 84.4 Å². The molecule has 1 aromatic heterocycles. The number of nitriles is 1. The van der Waals surface area contributed by atoms with Crippen LogP contribution in [0.25, 0.3) is 22.0 Å². The zero-order valence-electron chi connectivity index (χ0n) is 16.2. The summed E-state index contributed by atoms with van der Waals surface area (Å²) in [7, 11) is 0. The van der Waals surface area contributed by atoms with E-state index in [4.69, 9.17) is 5.26 Å². The molecule has 4 aromatic rings. The molecule has 1 atom stereocenters. The first-order valence-electron chi connectivity index (χ1n) is 9.44. The Labute approximate surface area is 178 Å². The summed E-state index contributed by atoms with van der Waals surface area (Å²) in [5.41, 5.74) is 2.92. The maximum atomic E-state index is 12.7. The van der Waals surface area contributed by atoms with Crippen molar-refractivity contribution in [3.63, 3.8) is 0 Å². The summed E-state index contributed by atoms with van der Waals surface area (Å²) in [6, 6.07) is 26.8. The molecule has 0 spiro atoms. The molecule has 0 aliphatic rings. The van der Waals surface area contributed by atoms with Crippen molar-refractivity contribution in [2.24, 2.45) is 0 Å². The molecule has 1 amide bonds. The zero-order valence-corrected chi connectivity index (χ0v) is 17.1. The van der Waals surface area contributed by atoms with Crippen molar-refractivity contribution in [1.82, 2.24) is 10.2 Å². The van der Waals surface area contributed by atoms with Gasteiger partial charge in [-0.3, -0.25) is 4.79 Å². The first kappa shape index (κ1) is 19.6. The van der Waals surface area contributed by atoms with E-state index < -0.39 is 5.25 Å². The van der Waals surface area contributed by atoms with E-state index in [9.17, 15) is 4.79 Å². The highest BCUT2D eigenvalue weighted by atomic mass is 32.2. The number of nitrogens with zero attached hydrogens (tertiary/aromatic N) is 3. The Hall–Kier alpha value is -3.69. The molecule has 0 saturated heterocycles. The van der Waals surface area contributed by atoms with Gasteiger partial charge >= 0.3 is 0 Å². The van der Waals surface area contributed by atoms with Crippen LogP contribution in [-0.4, -0.2) is 21.4 Å². The number of carbonyl (C=O) groups excluding carboxylic acids is 1. The number of thioether (sulfide) groups is 1. The molecule has 1 N–H and O–H groups in total. The number of nitrogens with one attached hydrogen (secondary N) is 1. The second kappa shape index (κ2) is 8.76. The van der Waals surface area contributed by atoms with Gasteiger partial charge in [0.2, 0.25) is 5.91 Å². The molecule has 30 heavy (non-hydrogen) atoms. The van der Waals surface area contributed by atoms with Crippen molar-refractivity contribution in [1.29, 1.82) is 5.26 Å². The topological polar surface area (TPSA) is 78.7 Å². The molecule has 0 radical (unpaired) electrons. The lowest BCUT2D eigenvalue weighted by Gasteiger charge is -2.14. The maximum absolute atomic E-state index is 12.7. The number of aromatic nitrogens is 2. The van der Waals surface area contributed by atoms with E-state index in [1.165, 1.54) is 11.8 Å². The average Bonchev–Trinajstić information content (AvgIpc) is 2.80. The van der Waals surface area contributed by atoms with Crippen molar-refractivity contribution < 1.29 is 4.79 Å². The van der Waals surface area contributed by atoms with E-state index >= 15 is 0 Å². The molecule has 0 fully saturated rings. The predicted octanol–water partition coefficient (Wildman–Crippen LogP) is 5.29. The van der Waals surface area contributed by atoms with E-state index in [0.717, 1.165) is 22.0 Å². The third-order valence-corrected chi connectivity index (χ3v) is 5.71. The van der Waals surface area contributed by atoms with Gasteiger partial charge in [0.05, 0.1) is 16.9 Å². The van der Waals surface area contributed by atoms with E-state index in [1.54, 1.807) is 24.3 Å². The second-order valence-electron chi connectivity index (χ2n) is 6.71. The Kier molecular flexibility index (Phi) is 5.73. The molecule has 0 saturated carbocycles. The Morgan fingerprint density at radius 1 is 0.967 bits per heavy atom. The molecule has 5 nitrogen and oxygen atoms in total. The second-order valence-corrected chi connectivity index (χ2v) is 8.04. The Balaban J connectivity index is 1.59. The van der Waals surface area contributed by atoms with Gasteiger partial charge in [-0.15, -0.1) is 10.2 Å². The highest BCUT2D eigenvalue weighted by Crippen LogP contribution is 2.33. The largest absolute Gasteiger partial charge is 0.325 e. The lowest BCUT2D eigenvalue weighted by molar-refractivity contribution is -0.115. The number of anilines is 1. The summed E-state index contributed by atoms with van der Waals surface area (Å²) in [4.78, 5) is 12.7. The highest BCUT2D eigenvalue weighted by Gasteiger charge is 2.19. The Morgan fingerprint density at radius 3 is 2.47 bits per heavy atom. The lowest BCUT2D eigenvalue weighted by Crippen LogP contribution is -2.22. The molecule has 1 heterocycles. The minimum absolute atomic E-state index is 0.159. The van der Waals surface area contributed by atoms with E-state index in [1.807, 2.05) is 61.5 Å². The average molecular weight is 411 g/mol. The van der Waals surface area contributed by atoms with Gasteiger partial charge in [0.1, 0.15) is 10.7 Å². The summed E-state index contributed by atoms with van der Waals surface area (Å²) in [6.45, 7) is 1.83. The minimum Gasteiger partial charge on any atom is -0.325 e. The summed E-state index contributed by atoms with van der Waals surface area (Å²) >= 11 is 1.36. The van der Waals surface area contributed by atoms with Crippen LogP contribution in [-0.2, 0) is 4.79 Å². The van der Waals surface area contributed by atoms with Gasteiger partial charge in [0.25, 0.3) is 0 Å². The van der Waals surface area contributed by atoms with E-state index in [-0.39, 0.29) is 5.91 Å². The predicted molar refractivity (Wildman–Crippen MR) is 120 cm³/mol. The van der Waals surface area contributed by atoms with Gasteiger partial charge < -0.3 is 5.32 Å². The SMILES string of the molecule is C[C@H](Sc1nnc(-c2ccccc2)c2ccccc12)C(=O)Nc1cccc(C#N)c1. The van der Waals surface area contributed by atoms with Crippen molar-refractivity contribution >= 4 is 34.1 Å². The van der Waals surface area contributed by atoms with Gasteiger partial charge in [-0.2, -0.15) is 5.26 Å². The van der Waals surface area contributed by atoms with Gasteiger partial charge in [-0.25, -0.2) is 0 Å². The number of hydrogen-bond acceptors (Lipinski definition) is 5. The van der Waals surface area contributed by atoms with Crippen molar-refractivity contribution in [2.45, 2.75) is 17.2 Å². The molecule has 3 aromatic carbocycles. The van der Waals surface area contributed by atoms with Crippen LogP contribution in [0.4, 0.5) is 5.69 Å². The third-order valence-electron chi connectivity index (χ3n) is 4.62. The molecule has 0 aliphatic heterocycles. The Bertz CT molecular complexity index is 1250.